The van der Waals surface area contributed by atoms with E-state index in [-0.39, 0.29) is 29.8 Å². The summed E-state index contributed by atoms with van der Waals surface area (Å²) in [4.78, 5) is 41.4. The number of anilines is 1. The highest BCUT2D eigenvalue weighted by molar-refractivity contribution is 7.10. The molecule has 36 heavy (non-hydrogen) atoms. The van der Waals surface area contributed by atoms with Crippen LogP contribution >= 0.6 is 11.3 Å². The number of halogens is 1. The number of amides is 2. The average molecular weight is 513 g/mol. The molecule has 0 atom stereocenters. The molecule has 0 saturated carbocycles. The molecule has 1 aliphatic heterocycles. The number of carbonyl (C=O) groups is 2. The molecule has 0 bridgehead atoms. The Hall–Kier alpha value is -3.86. The zero-order valence-corrected chi connectivity index (χ0v) is 20.6. The fourth-order valence-corrected chi connectivity index (χ4v) is 4.89. The summed E-state index contributed by atoms with van der Waals surface area (Å²) >= 11 is 1.36. The van der Waals surface area contributed by atoms with Gasteiger partial charge in [0.15, 0.2) is 6.61 Å². The Bertz CT molecular complexity index is 1300. The lowest BCUT2D eigenvalue weighted by molar-refractivity contribution is -0.387. The van der Waals surface area contributed by atoms with Gasteiger partial charge in [0.05, 0.1) is 9.93 Å². The number of nitro groups is 1. The minimum Gasteiger partial charge on any atom is -0.484 e. The summed E-state index contributed by atoms with van der Waals surface area (Å²) < 4.78 is 19.2. The topological polar surface area (TPSA) is 115 Å². The number of hydrogen-bond donors (Lipinski definition) is 1. The number of aromatic nitrogens is 1. The van der Waals surface area contributed by atoms with Crippen molar-refractivity contribution in [1.29, 1.82) is 0 Å². The third-order valence-electron chi connectivity index (χ3n) is 6.19. The third-order valence-corrected chi connectivity index (χ3v) is 7.20. The molecule has 0 unspecified atom stereocenters. The third kappa shape index (κ3) is 5.85. The van der Waals surface area contributed by atoms with E-state index in [9.17, 15) is 24.1 Å². The van der Waals surface area contributed by atoms with Gasteiger partial charge in [-0.1, -0.05) is 6.07 Å². The van der Waals surface area contributed by atoms with Crippen LogP contribution in [0.1, 0.15) is 45.4 Å². The molecule has 4 rings (SSSR count). The van der Waals surface area contributed by atoms with Gasteiger partial charge >= 0.3 is 5.69 Å². The Morgan fingerprint density at radius 3 is 2.64 bits per heavy atom. The van der Waals surface area contributed by atoms with Crippen molar-refractivity contribution in [2.75, 3.05) is 25.0 Å². The van der Waals surface area contributed by atoms with Gasteiger partial charge in [-0.3, -0.25) is 19.7 Å². The largest absolute Gasteiger partial charge is 0.484 e. The van der Waals surface area contributed by atoms with Crippen LogP contribution in [0, 0.1) is 29.8 Å². The van der Waals surface area contributed by atoms with Gasteiger partial charge in [0.25, 0.3) is 11.8 Å². The molecule has 0 aliphatic carbocycles. The number of thiazole rings is 1. The van der Waals surface area contributed by atoms with Crippen molar-refractivity contribution in [1.82, 2.24) is 9.88 Å². The van der Waals surface area contributed by atoms with Crippen molar-refractivity contribution in [3.8, 4) is 5.75 Å². The molecule has 1 N–H and O–H groups in total. The molecule has 0 spiro atoms. The molecule has 1 fully saturated rings. The Kier molecular flexibility index (Phi) is 7.58. The summed E-state index contributed by atoms with van der Waals surface area (Å²) in [5, 5.41) is 15.8. The van der Waals surface area contributed by atoms with Crippen molar-refractivity contribution < 1.29 is 23.6 Å². The number of rotatable bonds is 7. The number of aryl methyl sites for hydroxylation is 2. The van der Waals surface area contributed by atoms with Crippen LogP contribution in [-0.2, 0) is 4.79 Å². The van der Waals surface area contributed by atoms with E-state index in [1.54, 1.807) is 10.3 Å². The Balaban J connectivity index is 1.29. The van der Waals surface area contributed by atoms with Gasteiger partial charge in [-0.25, -0.2) is 4.98 Å². The standard InChI is InChI=1S/C25H25FN4O5S/c1-15-3-5-19(11-16(15)2)35-13-23(31)29-9-7-17(8-10-29)25-28-21(14-36-25)24(32)27-18-4-6-20(26)22(12-18)30(33)34/h3-6,11-12,14,17H,7-10,13H2,1-2H3,(H,27,32). The van der Waals surface area contributed by atoms with Crippen LogP contribution in [-0.4, -0.2) is 46.3 Å². The second-order valence-corrected chi connectivity index (χ2v) is 9.53. The van der Waals surface area contributed by atoms with Gasteiger partial charge in [-0.15, -0.1) is 11.3 Å². The van der Waals surface area contributed by atoms with E-state index in [1.165, 1.54) is 17.4 Å². The van der Waals surface area contributed by atoms with Crippen molar-refractivity contribution in [3.05, 3.63) is 79.5 Å². The van der Waals surface area contributed by atoms with E-state index in [0.29, 0.717) is 31.7 Å². The first-order valence-electron chi connectivity index (χ1n) is 11.4. The fraction of sp³-hybridized carbons (Fsp3) is 0.320. The van der Waals surface area contributed by atoms with E-state index in [4.69, 9.17) is 4.74 Å². The fourth-order valence-electron chi connectivity index (χ4n) is 3.92. The van der Waals surface area contributed by atoms with Gasteiger partial charge in [0.1, 0.15) is 11.4 Å². The molecule has 11 heteroatoms. The summed E-state index contributed by atoms with van der Waals surface area (Å²) in [5.41, 5.74) is 1.85. The zero-order chi connectivity index (χ0) is 25.8. The number of nitrogens with zero attached hydrogens (tertiary/aromatic N) is 3. The number of carbonyl (C=O) groups excluding carboxylic acids is 2. The maximum Gasteiger partial charge on any atom is 0.306 e. The molecule has 0 radical (unpaired) electrons. The first kappa shape index (κ1) is 25.2. The Labute approximate surface area is 211 Å². The predicted octanol–water partition coefficient (Wildman–Crippen LogP) is 4.84. The monoisotopic (exact) mass is 512 g/mol. The number of benzene rings is 2. The summed E-state index contributed by atoms with van der Waals surface area (Å²) in [5.74, 6) is -0.789. The van der Waals surface area contributed by atoms with Crippen LogP contribution < -0.4 is 10.1 Å². The molecular weight excluding hydrogens is 487 g/mol. The molecule has 2 amide bonds. The molecular formula is C25H25FN4O5S. The molecule has 2 aromatic carbocycles. The van der Waals surface area contributed by atoms with Crippen molar-refractivity contribution in [3.63, 3.8) is 0 Å². The van der Waals surface area contributed by atoms with E-state index in [2.05, 4.69) is 10.3 Å². The second kappa shape index (κ2) is 10.8. The average Bonchev–Trinajstić information content (AvgIpc) is 3.36. The van der Waals surface area contributed by atoms with Crippen LogP contribution in [0.4, 0.5) is 15.8 Å². The summed E-state index contributed by atoms with van der Waals surface area (Å²) in [6.45, 7) is 5.14. The van der Waals surface area contributed by atoms with Crippen molar-refractivity contribution in [2.24, 2.45) is 0 Å². The normalized spacial score (nSPS) is 13.9. The summed E-state index contributed by atoms with van der Waals surface area (Å²) in [7, 11) is 0. The maximum atomic E-state index is 13.5. The lowest BCUT2D eigenvalue weighted by Gasteiger charge is -2.31. The minimum absolute atomic E-state index is 0.0176. The minimum atomic E-state index is -0.976. The van der Waals surface area contributed by atoms with Crippen molar-refractivity contribution >= 4 is 34.5 Å². The maximum absolute atomic E-state index is 13.5. The van der Waals surface area contributed by atoms with Gasteiger partial charge in [0, 0.05) is 36.1 Å². The first-order valence-corrected chi connectivity index (χ1v) is 12.3. The number of nitro benzene ring substituents is 1. The number of likely N-dealkylation sites (tertiary alicyclic amines) is 1. The molecule has 3 aromatic rings. The van der Waals surface area contributed by atoms with Crippen LogP contribution in [0.15, 0.2) is 41.8 Å². The highest BCUT2D eigenvalue weighted by Gasteiger charge is 2.27. The quantitative estimate of drug-likeness (QED) is 0.358. The van der Waals surface area contributed by atoms with Crippen LogP contribution in [0.3, 0.4) is 0 Å². The molecule has 2 heterocycles. The number of hydrogen-bond acceptors (Lipinski definition) is 7. The Morgan fingerprint density at radius 2 is 1.94 bits per heavy atom. The lowest BCUT2D eigenvalue weighted by atomic mass is 9.97. The summed E-state index contributed by atoms with van der Waals surface area (Å²) in [6, 6.07) is 8.90. The highest BCUT2D eigenvalue weighted by Crippen LogP contribution is 2.31. The van der Waals surface area contributed by atoms with Crippen LogP contribution in [0.5, 0.6) is 5.75 Å². The smallest absolute Gasteiger partial charge is 0.306 e. The van der Waals surface area contributed by atoms with Crippen LogP contribution in [0.25, 0.3) is 0 Å². The molecule has 188 valence electrons. The van der Waals surface area contributed by atoms with Crippen LogP contribution in [0.2, 0.25) is 0 Å². The van der Waals surface area contributed by atoms with Gasteiger partial charge in [-0.05, 0) is 62.1 Å². The molecule has 9 nitrogen and oxygen atoms in total. The van der Waals surface area contributed by atoms with Gasteiger partial charge in [0.2, 0.25) is 5.82 Å². The number of ether oxygens (including phenoxy) is 1. The lowest BCUT2D eigenvalue weighted by Crippen LogP contribution is -2.40. The van der Waals surface area contributed by atoms with E-state index in [1.807, 2.05) is 32.0 Å². The predicted molar refractivity (Wildman–Crippen MR) is 133 cm³/mol. The Morgan fingerprint density at radius 1 is 1.19 bits per heavy atom. The van der Waals surface area contributed by atoms with Crippen molar-refractivity contribution in [2.45, 2.75) is 32.6 Å². The van der Waals surface area contributed by atoms with E-state index < -0.39 is 22.3 Å². The molecule has 1 aliphatic rings. The molecule has 1 aromatic heterocycles. The first-order chi connectivity index (χ1) is 17.2. The van der Waals surface area contributed by atoms with E-state index in [0.717, 1.165) is 28.3 Å². The highest BCUT2D eigenvalue weighted by atomic mass is 32.1. The van der Waals surface area contributed by atoms with Gasteiger partial charge in [-0.2, -0.15) is 4.39 Å². The number of nitrogens with one attached hydrogen (secondary N) is 1. The van der Waals surface area contributed by atoms with E-state index >= 15 is 0 Å². The number of piperidine rings is 1. The summed E-state index contributed by atoms with van der Waals surface area (Å²) in [6.07, 6.45) is 1.43. The SMILES string of the molecule is Cc1ccc(OCC(=O)N2CCC(c3nc(C(=O)Nc4ccc(F)c([N+](=O)[O-])c4)cs3)CC2)cc1C. The second-order valence-electron chi connectivity index (χ2n) is 8.64. The molecule has 1 saturated heterocycles. The zero-order valence-electron chi connectivity index (χ0n) is 19.8. The van der Waals surface area contributed by atoms with Gasteiger partial charge < -0.3 is 15.0 Å².